The van der Waals surface area contributed by atoms with Crippen molar-refractivity contribution in [1.82, 2.24) is 24.8 Å². The minimum absolute atomic E-state index is 0.00748. The maximum atomic E-state index is 13.5. The van der Waals surface area contributed by atoms with E-state index in [1.807, 2.05) is 40.3 Å². The molecule has 6 rings (SSSR count). The molecule has 9 nitrogen and oxygen atoms in total. The van der Waals surface area contributed by atoms with Gasteiger partial charge < -0.3 is 20.0 Å². The molecule has 5 heterocycles. The highest BCUT2D eigenvalue weighted by Crippen LogP contribution is 2.32. The predicted molar refractivity (Wildman–Crippen MR) is 145 cm³/mol. The average Bonchev–Trinajstić information content (AvgIpc) is 3.10. The first-order valence-electron chi connectivity index (χ1n) is 13.3. The van der Waals surface area contributed by atoms with Crippen LogP contribution < -0.4 is 10.2 Å². The smallest absolute Gasteiger partial charge is 0.322 e. The van der Waals surface area contributed by atoms with E-state index in [9.17, 15) is 9.59 Å². The Bertz CT molecular complexity index is 1370. The zero-order valence-corrected chi connectivity index (χ0v) is 21.9. The fraction of sp³-hybridized carbons (Fsp3) is 0.414. The summed E-state index contributed by atoms with van der Waals surface area (Å²) in [5.74, 6) is 0.800. The number of pyridine rings is 1. The highest BCUT2D eigenvalue weighted by molar-refractivity contribution is 5.95. The number of carbonyl (C=O) groups is 2. The third kappa shape index (κ3) is 4.57. The molecule has 3 aliphatic heterocycles. The van der Waals surface area contributed by atoms with Gasteiger partial charge in [-0.15, -0.1) is 0 Å². The van der Waals surface area contributed by atoms with Crippen LogP contribution in [0.1, 0.15) is 53.9 Å². The molecule has 1 N–H and O–H groups in total. The van der Waals surface area contributed by atoms with Gasteiger partial charge in [-0.25, -0.2) is 19.7 Å². The monoisotopic (exact) mass is 511 g/mol. The number of urea groups is 1. The van der Waals surface area contributed by atoms with Crippen LogP contribution in [0.4, 0.5) is 16.3 Å². The summed E-state index contributed by atoms with van der Waals surface area (Å²) < 4.78 is 0. The highest BCUT2D eigenvalue weighted by Gasteiger charge is 2.36. The topological polar surface area (TPSA) is 94.6 Å². The van der Waals surface area contributed by atoms with E-state index in [1.165, 1.54) is 5.56 Å². The normalized spacial score (nSPS) is 19.3. The lowest BCUT2D eigenvalue weighted by Crippen LogP contribution is -2.49. The first-order valence-corrected chi connectivity index (χ1v) is 13.3. The van der Waals surface area contributed by atoms with Crippen LogP contribution in [0.2, 0.25) is 0 Å². The molecule has 38 heavy (non-hydrogen) atoms. The molecule has 1 saturated heterocycles. The van der Waals surface area contributed by atoms with Crippen molar-refractivity contribution < 1.29 is 9.59 Å². The summed E-state index contributed by atoms with van der Waals surface area (Å²) in [6, 6.07) is 11.9. The maximum absolute atomic E-state index is 13.5. The third-order valence-corrected chi connectivity index (χ3v) is 8.03. The van der Waals surface area contributed by atoms with Gasteiger partial charge in [0.25, 0.3) is 5.91 Å². The second kappa shape index (κ2) is 9.70. The Morgan fingerprint density at radius 2 is 1.87 bits per heavy atom. The zero-order valence-electron chi connectivity index (χ0n) is 21.9. The first-order chi connectivity index (χ1) is 18.4. The number of anilines is 2. The molecule has 0 unspecified atom stereocenters. The van der Waals surface area contributed by atoms with Crippen molar-refractivity contribution in [3.63, 3.8) is 0 Å². The number of rotatable bonds is 3. The second-order valence-corrected chi connectivity index (χ2v) is 11.1. The SMILES string of the molecule is CC1(C)CN(C(=O)c2ccnc(N3CCC(N4CCc5ccccc5NC4=O)CC3)c2)Cc2cncnc21. The molecule has 1 aromatic carbocycles. The number of piperidine rings is 1. The number of hydrogen-bond donors (Lipinski definition) is 1. The predicted octanol–water partition coefficient (Wildman–Crippen LogP) is 3.86. The van der Waals surface area contributed by atoms with Crippen molar-refractivity contribution >= 4 is 23.4 Å². The summed E-state index contributed by atoms with van der Waals surface area (Å²) >= 11 is 0. The van der Waals surface area contributed by atoms with Gasteiger partial charge >= 0.3 is 6.03 Å². The summed E-state index contributed by atoms with van der Waals surface area (Å²) in [7, 11) is 0. The van der Waals surface area contributed by atoms with Crippen LogP contribution in [0.5, 0.6) is 0 Å². The van der Waals surface area contributed by atoms with E-state index < -0.39 is 0 Å². The Hall–Kier alpha value is -4.01. The van der Waals surface area contributed by atoms with Gasteiger partial charge in [0.1, 0.15) is 12.1 Å². The van der Waals surface area contributed by atoms with Gasteiger partial charge in [0.2, 0.25) is 0 Å². The van der Waals surface area contributed by atoms with Crippen molar-refractivity contribution in [2.24, 2.45) is 0 Å². The fourth-order valence-electron chi connectivity index (χ4n) is 6.09. The lowest BCUT2D eigenvalue weighted by molar-refractivity contribution is 0.0682. The summed E-state index contributed by atoms with van der Waals surface area (Å²) in [5, 5.41) is 3.09. The van der Waals surface area contributed by atoms with E-state index in [4.69, 9.17) is 0 Å². The van der Waals surface area contributed by atoms with E-state index in [-0.39, 0.29) is 23.4 Å². The van der Waals surface area contributed by atoms with Crippen LogP contribution in [0, 0.1) is 0 Å². The second-order valence-electron chi connectivity index (χ2n) is 11.1. The van der Waals surface area contributed by atoms with Gasteiger partial charge in [-0.2, -0.15) is 0 Å². The van der Waals surface area contributed by atoms with Gasteiger partial charge in [0.05, 0.1) is 5.69 Å². The first kappa shape index (κ1) is 24.3. The number of amides is 3. The molecule has 1 fully saturated rings. The molecule has 3 amide bonds. The number of fused-ring (bicyclic) bond motifs is 2. The maximum Gasteiger partial charge on any atom is 0.322 e. The van der Waals surface area contributed by atoms with Gasteiger partial charge in [0.15, 0.2) is 0 Å². The summed E-state index contributed by atoms with van der Waals surface area (Å²) in [4.78, 5) is 45.8. The fourth-order valence-corrected chi connectivity index (χ4v) is 6.09. The Morgan fingerprint density at radius 3 is 2.71 bits per heavy atom. The van der Waals surface area contributed by atoms with E-state index in [2.05, 4.69) is 45.1 Å². The van der Waals surface area contributed by atoms with Crippen LogP contribution in [-0.2, 0) is 18.4 Å². The Labute approximate surface area is 222 Å². The van der Waals surface area contributed by atoms with Crippen LogP contribution >= 0.6 is 0 Å². The molecule has 0 spiro atoms. The number of para-hydroxylation sites is 1. The van der Waals surface area contributed by atoms with Crippen LogP contribution in [0.3, 0.4) is 0 Å². The molecule has 0 bridgehead atoms. The molecule has 0 saturated carbocycles. The Morgan fingerprint density at radius 1 is 1.05 bits per heavy atom. The average molecular weight is 512 g/mol. The van der Waals surface area contributed by atoms with Crippen molar-refractivity contribution in [3.05, 3.63) is 77.5 Å². The molecular weight excluding hydrogens is 478 g/mol. The van der Waals surface area contributed by atoms with E-state index in [0.29, 0.717) is 18.7 Å². The number of nitrogens with zero attached hydrogens (tertiary/aromatic N) is 6. The summed E-state index contributed by atoms with van der Waals surface area (Å²) in [5.41, 5.74) is 4.49. The molecule has 0 aliphatic carbocycles. The van der Waals surface area contributed by atoms with E-state index in [1.54, 1.807) is 18.6 Å². The molecule has 2 aromatic heterocycles. The Balaban J connectivity index is 1.12. The molecule has 3 aliphatic rings. The van der Waals surface area contributed by atoms with Crippen molar-refractivity contribution in [1.29, 1.82) is 0 Å². The summed E-state index contributed by atoms with van der Waals surface area (Å²) in [6.45, 7) is 7.62. The number of hydrogen-bond acceptors (Lipinski definition) is 6. The summed E-state index contributed by atoms with van der Waals surface area (Å²) in [6.07, 6.45) is 7.69. The Kier molecular flexibility index (Phi) is 6.21. The standard InChI is InChI=1S/C29H33N7O2/c1-29(2)18-35(17-22-16-30-19-32-26(22)29)27(37)21-7-11-31-25(15-21)34-12-9-23(10-13-34)36-14-8-20-5-3-4-6-24(20)33-28(36)38/h3-7,11,15-16,19,23H,8-10,12-14,17-18H2,1-2H3,(H,33,38). The van der Waals surface area contributed by atoms with Gasteiger partial charge in [-0.3, -0.25) is 4.79 Å². The quantitative estimate of drug-likeness (QED) is 0.574. The van der Waals surface area contributed by atoms with Crippen molar-refractivity contribution in [3.8, 4) is 0 Å². The lowest BCUT2D eigenvalue weighted by atomic mass is 9.82. The largest absolute Gasteiger partial charge is 0.356 e. The van der Waals surface area contributed by atoms with Gasteiger partial charge in [0, 0.05) is 73.4 Å². The van der Waals surface area contributed by atoms with Crippen LogP contribution in [-0.4, -0.2) is 68.9 Å². The van der Waals surface area contributed by atoms with Crippen LogP contribution in [0.25, 0.3) is 0 Å². The number of aromatic nitrogens is 3. The molecule has 0 radical (unpaired) electrons. The lowest BCUT2D eigenvalue weighted by Gasteiger charge is -2.39. The molecule has 0 atom stereocenters. The third-order valence-electron chi connectivity index (χ3n) is 8.03. The zero-order chi connectivity index (χ0) is 26.3. The van der Waals surface area contributed by atoms with Crippen molar-refractivity contribution in [2.45, 2.75) is 51.1 Å². The molecule has 9 heteroatoms. The van der Waals surface area contributed by atoms with Crippen molar-refractivity contribution in [2.75, 3.05) is 36.4 Å². The minimum Gasteiger partial charge on any atom is -0.356 e. The minimum atomic E-state index is -0.245. The molecule has 196 valence electrons. The molecule has 3 aromatic rings. The van der Waals surface area contributed by atoms with Gasteiger partial charge in [-0.1, -0.05) is 32.0 Å². The van der Waals surface area contributed by atoms with E-state index >= 15 is 0 Å². The highest BCUT2D eigenvalue weighted by atomic mass is 16.2. The van der Waals surface area contributed by atoms with Crippen LogP contribution in [0.15, 0.2) is 55.1 Å². The number of nitrogens with one attached hydrogen (secondary N) is 1. The number of benzene rings is 1. The number of carbonyl (C=O) groups excluding carboxylic acids is 2. The van der Waals surface area contributed by atoms with E-state index in [0.717, 1.165) is 61.7 Å². The molecular formula is C29H33N7O2. The van der Waals surface area contributed by atoms with Gasteiger partial charge in [-0.05, 0) is 43.0 Å².